The molecule has 2 aromatic heterocycles. The molecule has 1 radical (unpaired) electrons. The minimum atomic E-state index is -0.421. The van der Waals surface area contributed by atoms with Crippen molar-refractivity contribution in [1.29, 1.82) is 0 Å². The topological polar surface area (TPSA) is 72.5 Å². The van der Waals surface area contributed by atoms with Crippen LogP contribution in [-0.2, 0) is 32.7 Å². The Kier molecular flexibility index (Phi) is 4.93. The Morgan fingerprint density at radius 3 is 2.86 bits per heavy atom. The van der Waals surface area contributed by atoms with Gasteiger partial charge in [0.25, 0.3) is 0 Å². The number of pyridine rings is 1. The number of nitro groups is 1. The molecule has 1 aromatic carbocycles. The standard InChI is InChI=1S/C15H13N4O2.Y/c1-10-9-12-7-8-16-18(12)11(2)15(10)17-13-5-3-4-6-14(13)19(20)21;/h3,5-9,17H,1-2H3;/q-1;. The average molecular weight is 370 g/mol. The van der Waals surface area contributed by atoms with Crippen molar-refractivity contribution in [3.63, 3.8) is 0 Å². The quantitative estimate of drug-likeness (QED) is 0.436. The molecule has 0 bridgehead atoms. The number of nitro benzene ring substituents is 1. The second-order valence-corrected chi connectivity index (χ2v) is 4.78. The largest absolute Gasteiger partial charge is 0.370 e. The summed E-state index contributed by atoms with van der Waals surface area (Å²) in [6, 6.07) is 11.3. The third-order valence-electron chi connectivity index (χ3n) is 3.41. The molecule has 109 valence electrons. The average Bonchev–Trinajstić information content (AvgIpc) is 2.92. The van der Waals surface area contributed by atoms with Gasteiger partial charge in [-0.15, -0.1) is 6.07 Å². The van der Waals surface area contributed by atoms with Gasteiger partial charge in [0.2, 0.25) is 0 Å². The minimum absolute atomic E-state index is 0. The van der Waals surface area contributed by atoms with Gasteiger partial charge in [-0.05, 0) is 31.5 Å². The molecule has 0 atom stereocenters. The summed E-state index contributed by atoms with van der Waals surface area (Å²) in [5, 5.41) is 18.5. The fraction of sp³-hybridized carbons (Fsp3) is 0.133. The molecule has 7 heteroatoms. The molecule has 0 unspecified atom stereocenters. The van der Waals surface area contributed by atoms with E-state index in [9.17, 15) is 10.1 Å². The fourth-order valence-corrected chi connectivity index (χ4v) is 2.39. The zero-order valence-corrected chi connectivity index (χ0v) is 15.0. The summed E-state index contributed by atoms with van der Waals surface area (Å²) in [6.07, 6.45) is 1.73. The SMILES string of the molecule is Cc1cc2ccnn2c(C)c1Nc1cc[c-]cc1[N+](=O)[O-].[Y]. The smallest absolute Gasteiger partial charge is 0.185 e. The molecular formula is C15H13N4O2Y-. The van der Waals surface area contributed by atoms with Crippen LogP contribution in [0.2, 0.25) is 0 Å². The van der Waals surface area contributed by atoms with Crippen molar-refractivity contribution < 1.29 is 37.6 Å². The van der Waals surface area contributed by atoms with E-state index in [0.717, 1.165) is 22.5 Å². The first-order chi connectivity index (χ1) is 10.1. The van der Waals surface area contributed by atoms with E-state index in [1.54, 1.807) is 22.8 Å². The summed E-state index contributed by atoms with van der Waals surface area (Å²) in [5.41, 5.74) is 4.15. The van der Waals surface area contributed by atoms with Gasteiger partial charge in [0.05, 0.1) is 16.9 Å². The van der Waals surface area contributed by atoms with Gasteiger partial charge in [0, 0.05) is 49.5 Å². The summed E-state index contributed by atoms with van der Waals surface area (Å²) in [7, 11) is 0. The van der Waals surface area contributed by atoms with Crippen LogP contribution in [0.3, 0.4) is 0 Å². The summed E-state index contributed by atoms with van der Waals surface area (Å²) < 4.78 is 1.80. The van der Waals surface area contributed by atoms with Crippen molar-refractivity contribution in [2.45, 2.75) is 13.8 Å². The second kappa shape index (κ2) is 6.54. The van der Waals surface area contributed by atoms with Gasteiger partial charge in [0.15, 0.2) is 5.69 Å². The van der Waals surface area contributed by atoms with Crippen LogP contribution in [0.4, 0.5) is 17.1 Å². The number of anilines is 2. The van der Waals surface area contributed by atoms with Crippen LogP contribution in [-0.4, -0.2) is 14.5 Å². The van der Waals surface area contributed by atoms with Gasteiger partial charge in [-0.25, -0.2) is 4.52 Å². The second-order valence-electron chi connectivity index (χ2n) is 4.78. The summed E-state index contributed by atoms with van der Waals surface area (Å²) >= 11 is 0. The van der Waals surface area contributed by atoms with E-state index in [-0.39, 0.29) is 38.4 Å². The summed E-state index contributed by atoms with van der Waals surface area (Å²) in [4.78, 5) is 10.7. The van der Waals surface area contributed by atoms with Crippen LogP contribution in [0.25, 0.3) is 5.52 Å². The van der Waals surface area contributed by atoms with E-state index in [1.165, 1.54) is 6.07 Å². The fourth-order valence-electron chi connectivity index (χ4n) is 2.39. The first-order valence-corrected chi connectivity index (χ1v) is 6.43. The van der Waals surface area contributed by atoms with Crippen LogP contribution >= 0.6 is 0 Å². The van der Waals surface area contributed by atoms with Crippen LogP contribution in [0.1, 0.15) is 11.3 Å². The van der Waals surface area contributed by atoms with E-state index < -0.39 is 4.92 Å². The molecule has 22 heavy (non-hydrogen) atoms. The van der Waals surface area contributed by atoms with Gasteiger partial charge in [0.1, 0.15) is 0 Å². The minimum Gasteiger partial charge on any atom is -0.370 e. The molecule has 6 nitrogen and oxygen atoms in total. The Labute approximate surface area is 152 Å². The van der Waals surface area contributed by atoms with Crippen molar-refractivity contribution in [3.8, 4) is 0 Å². The zero-order chi connectivity index (χ0) is 15.0. The van der Waals surface area contributed by atoms with E-state index in [4.69, 9.17) is 0 Å². The monoisotopic (exact) mass is 370 g/mol. The van der Waals surface area contributed by atoms with E-state index >= 15 is 0 Å². The molecule has 0 aliphatic carbocycles. The van der Waals surface area contributed by atoms with E-state index in [0.29, 0.717) is 5.69 Å². The predicted molar refractivity (Wildman–Crippen MR) is 79.9 cm³/mol. The number of nitrogens with one attached hydrogen (secondary N) is 1. The molecule has 1 N–H and O–H groups in total. The maximum atomic E-state index is 11.1. The number of hydrogen-bond donors (Lipinski definition) is 1. The molecule has 0 aliphatic heterocycles. The van der Waals surface area contributed by atoms with E-state index in [2.05, 4.69) is 16.5 Å². The maximum Gasteiger partial charge on any atom is 0.185 e. The van der Waals surface area contributed by atoms with Crippen molar-refractivity contribution in [2.24, 2.45) is 0 Å². The number of nitrogens with zero attached hydrogens (tertiary/aromatic N) is 3. The van der Waals surface area contributed by atoms with E-state index in [1.807, 2.05) is 26.0 Å². The Balaban J connectivity index is 0.00000176. The normalized spacial score (nSPS) is 10.3. The van der Waals surface area contributed by atoms with Crippen LogP contribution in [0.15, 0.2) is 36.5 Å². The molecule has 3 rings (SSSR count). The molecular weight excluding hydrogens is 357 g/mol. The summed E-state index contributed by atoms with van der Waals surface area (Å²) in [6.45, 7) is 3.89. The van der Waals surface area contributed by atoms with Gasteiger partial charge in [-0.2, -0.15) is 17.2 Å². The van der Waals surface area contributed by atoms with Crippen molar-refractivity contribution >= 4 is 22.6 Å². The third kappa shape index (κ3) is 2.89. The van der Waals surface area contributed by atoms with Gasteiger partial charge in [-0.1, -0.05) is 6.07 Å². The molecule has 3 aromatic rings. The van der Waals surface area contributed by atoms with Crippen molar-refractivity contribution in [1.82, 2.24) is 9.61 Å². The Morgan fingerprint density at radius 2 is 2.14 bits per heavy atom. The number of rotatable bonds is 3. The Hall–Kier alpha value is -1.79. The number of hydrogen-bond acceptors (Lipinski definition) is 4. The Bertz CT molecular complexity index is 845. The van der Waals surface area contributed by atoms with Crippen LogP contribution in [0, 0.1) is 30.0 Å². The number of aryl methyl sites for hydroxylation is 2. The van der Waals surface area contributed by atoms with Crippen LogP contribution in [0.5, 0.6) is 0 Å². The summed E-state index contributed by atoms with van der Waals surface area (Å²) in [5.74, 6) is 0. The Morgan fingerprint density at radius 1 is 1.36 bits per heavy atom. The first kappa shape index (κ1) is 16.6. The maximum absolute atomic E-state index is 11.1. The number of benzene rings is 1. The van der Waals surface area contributed by atoms with Crippen molar-refractivity contribution in [2.75, 3.05) is 5.32 Å². The predicted octanol–water partition coefficient (Wildman–Crippen LogP) is 3.40. The molecule has 0 fully saturated rings. The third-order valence-corrected chi connectivity index (χ3v) is 3.41. The molecule has 0 spiro atoms. The molecule has 0 aliphatic rings. The van der Waals surface area contributed by atoms with Crippen LogP contribution < -0.4 is 5.32 Å². The van der Waals surface area contributed by atoms with Gasteiger partial charge in [-0.3, -0.25) is 10.1 Å². The van der Waals surface area contributed by atoms with Gasteiger partial charge < -0.3 is 5.32 Å². The molecule has 0 amide bonds. The molecule has 0 saturated heterocycles. The first-order valence-electron chi connectivity index (χ1n) is 6.43. The molecule has 0 saturated carbocycles. The zero-order valence-electron chi connectivity index (χ0n) is 12.2. The number of aromatic nitrogens is 2. The molecule has 2 heterocycles. The van der Waals surface area contributed by atoms with Crippen molar-refractivity contribution in [3.05, 3.63) is 64.0 Å². The van der Waals surface area contributed by atoms with Gasteiger partial charge >= 0.3 is 0 Å². The number of fused-ring (bicyclic) bond motifs is 1.